The van der Waals surface area contributed by atoms with Gasteiger partial charge in [0.05, 0.1) is 10.6 Å². The molecule has 0 radical (unpaired) electrons. The van der Waals surface area contributed by atoms with Crippen LogP contribution in [0.1, 0.15) is 32.1 Å². The fraction of sp³-hybridized carbons (Fsp3) is 0.235. The van der Waals surface area contributed by atoms with Crippen LogP contribution in [-0.2, 0) is 12.8 Å². The van der Waals surface area contributed by atoms with Crippen LogP contribution in [0.2, 0.25) is 0 Å². The highest BCUT2D eigenvalue weighted by Crippen LogP contribution is 2.31. The standard InChI is InChI=1S/C17H15NO2S/c19-10-4-7-12-5-1-2-8-14(12)18-17(20)16-11-13-6-3-9-15(13)21-16/h1-2,5,8,11,19H,3,6,9-10H2,(H,18,20). The first kappa shape index (κ1) is 13.9. The highest BCUT2D eigenvalue weighted by molar-refractivity contribution is 7.14. The smallest absolute Gasteiger partial charge is 0.265 e. The second kappa shape index (κ2) is 6.13. The minimum Gasteiger partial charge on any atom is -0.384 e. The first-order valence-electron chi connectivity index (χ1n) is 6.89. The molecule has 21 heavy (non-hydrogen) atoms. The molecule has 1 aromatic heterocycles. The third-order valence-electron chi connectivity index (χ3n) is 3.45. The first-order chi connectivity index (χ1) is 10.3. The van der Waals surface area contributed by atoms with Gasteiger partial charge in [0.25, 0.3) is 5.91 Å². The first-order valence-corrected chi connectivity index (χ1v) is 7.71. The number of carbonyl (C=O) groups is 1. The molecule has 4 heteroatoms. The van der Waals surface area contributed by atoms with E-state index in [1.165, 1.54) is 16.9 Å². The van der Waals surface area contributed by atoms with Crippen molar-refractivity contribution in [2.24, 2.45) is 0 Å². The third-order valence-corrected chi connectivity index (χ3v) is 4.68. The summed E-state index contributed by atoms with van der Waals surface area (Å²) in [4.78, 5) is 14.4. The highest BCUT2D eigenvalue weighted by atomic mass is 32.1. The Balaban J connectivity index is 1.81. The molecule has 3 nitrogen and oxygen atoms in total. The fourth-order valence-electron chi connectivity index (χ4n) is 2.46. The number of aliphatic hydroxyl groups excluding tert-OH is 1. The maximum atomic E-state index is 12.3. The summed E-state index contributed by atoms with van der Waals surface area (Å²) < 4.78 is 0. The number of hydrogen-bond donors (Lipinski definition) is 2. The van der Waals surface area contributed by atoms with E-state index < -0.39 is 0 Å². The van der Waals surface area contributed by atoms with E-state index in [9.17, 15) is 4.79 Å². The molecule has 0 saturated carbocycles. The van der Waals surface area contributed by atoms with E-state index in [1.807, 2.05) is 30.3 Å². The van der Waals surface area contributed by atoms with Crippen LogP contribution in [0.15, 0.2) is 30.3 Å². The van der Waals surface area contributed by atoms with Gasteiger partial charge in [-0.15, -0.1) is 11.3 Å². The number of carbonyl (C=O) groups excluding carboxylic acids is 1. The number of aliphatic hydroxyl groups is 1. The highest BCUT2D eigenvalue weighted by Gasteiger charge is 2.18. The van der Waals surface area contributed by atoms with Gasteiger partial charge in [-0.05, 0) is 43.0 Å². The molecule has 1 amide bonds. The normalized spacial score (nSPS) is 12.4. The lowest BCUT2D eigenvalue weighted by molar-refractivity contribution is 0.103. The van der Waals surface area contributed by atoms with E-state index in [1.54, 1.807) is 11.3 Å². The maximum absolute atomic E-state index is 12.3. The van der Waals surface area contributed by atoms with Crippen LogP contribution in [0, 0.1) is 11.8 Å². The summed E-state index contributed by atoms with van der Waals surface area (Å²) in [7, 11) is 0. The summed E-state index contributed by atoms with van der Waals surface area (Å²) in [5, 5.41) is 11.7. The number of rotatable bonds is 2. The van der Waals surface area contributed by atoms with E-state index >= 15 is 0 Å². The average molecular weight is 297 g/mol. The van der Waals surface area contributed by atoms with Gasteiger partial charge in [-0.25, -0.2) is 0 Å². The second-order valence-electron chi connectivity index (χ2n) is 4.87. The fourth-order valence-corrected chi connectivity index (χ4v) is 3.61. The molecule has 1 aliphatic carbocycles. The van der Waals surface area contributed by atoms with Gasteiger partial charge in [0.15, 0.2) is 0 Å². The summed E-state index contributed by atoms with van der Waals surface area (Å²) in [5.41, 5.74) is 2.71. The monoisotopic (exact) mass is 297 g/mol. The Bertz CT molecular complexity index is 715. The van der Waals surface area contributed by atoms with Crippen molar-refractivity contribution in [1.82, 2.24) is 0 Å². The SMILES string of the molecule is O=C(Nc1ccccc1C#CCO)c1cc2c(s1)CCC2. The number of hydrogen-bond acceptors (Lipinski definition) is 3. The molecule has 0 atom stereocenters. The van der Waals surface area contributed by atoms with E-state index in [2.05, 4.69) is 17.2 Å². The van der Waals surface area contributed by atoms with Crippen LogP contribution in [-0.4, -0.2) is 17.6 Å². The van der Waals surface area contributed by atoms with E-state index in [-0.39, 0.29) is 12.5 Å². The average Bonchev–Trinajstić information content (AvgIpc) is 3.07. The van der Waals surface area contributed by atoms with E-state index in [4.69, 9.17) is 5.11 Å². The van der Waals surface area contributed by atoms with Gasteiger partial charge in [0, 0.05) is 10.4 Å². The summed E-state index contributed by atoms with van der Waals surface area (Å²) >= 11 is 1.58. The van der Waals surface area contributed by atoms with Gasteiger partial charge in [-0.1, -0.05) is 24.0 Å². The van der Waals surface area contributed by atoms with Crippen LogP contribution in [0.5, 0.6) is 0 Å². The lowest BCUT2D eigenvalue weighted by atomic mass is 10.1. The van der Waals surface area contributed by atoms with Crippen molar-refractivity contribution >= 4 is 22.9 Å². The molecule has 1 heterocycles. The Morgan fingerprint density at radius 2 is 2.19 bits per heavy atom. The molecular formula is C17H15NO2S. The molecule has 1 aromatic carbocycles. The zero-order chi connectivity index (χ0) is 14.7. The number of thiophene rings is 1. The van der Waals surface area contributed by atoms with Crippen LogP contribution < -0.4 is 5.32 Å². The van der Waals surface area contributed by atoms with Crippen LogP contribution in [0.4, 0.5) is 5.69 Å². The van der Waals surface area contributed by atoms with Crippen molar-refractivity contribution in [3.8, 4) is 11.8 Å². The maximum Gasteiger partial charge on any atom is 0.265 e. The molecule has 0 bridgehead atoms. The van der Waals surface area contributed by atoms with Gasteiger partial charge in [0.2, 0.25) is 0 Å². The number of benzene rings is 1. The molecule has 2 aromatic rings. The van der Waals surface area contributed by atoms with Gasteiger partial charge in [-0.2, -0.15) is 0 Å². The predicted octanol–water partition coefficient (Wildman–Crippen LogP) is 2.83. The zero-order valence-corrected chi connectivity index (χ0v) is 12.3. The Morgan fingerprint density at radius 3 is 3.00 bits per heavy atom. The summed E-state index contributed by atoms with van der Waals surface area (Å²) in [6, 6.07) is 9.36. The third kappa shape index (κ3) is 2.99. The second-order valence-corrected chi connectivity index (χ2v) is 6.01. The molecule has 106 valence electrons. The Morgan fingerprint density at radius 1 is 1.33 bits per heavy atom. The van der Waals surface area contributed by atoms with Crippen LogP contribution in [0.3, 0.4) is 0 Å². The number of nitrogens with one attached hydrogen (secondary N) is 1. The molecule has 1 aliphatic rings. The Kier molecular flexibility index (Phi) is 4.05. The van der Waals surface area contributed by atoms with Crippen molar-refractivity contribution < 1.29 is 9.90 Å². The van der Waals surface area contributed by atoms with Gasteiger partial charge in [-0.3, -0.25) is 4.79 Å². The zero-order valence-electron chi connectivity index (χ0n) is 11.5. The number of anilines is 1. The van der Waals surface area contributed by atoms with Crippen molar-refractivity contribution in [1.29, 1.82) is 0 Å². The number of para-hydroxylation sites is 1. The molecule has 0 fully saturated rings. The summed E-state index contributed by atoms with van der Waals surface area (Å²) in [6.45, 7) is -0.195. The van der Waals surface area contributed by atoms with E-state index in [0.717, 1.165) is 17.7 Å². The largest absolute Gasteiger partial charge is 0.384 e. The molecular weight excluding hydrogens is 282 g/mol. The van der Waals surface area contributed by atoms with Crippen molar-refractivity contribution in [2.75, 3.05) is 11.9 Å². The predicted molar refractivity (Wildman–Crippen MR) is 84.7 cm³/mol. The van der Waals surface area contributed by atoms with Crippen LogP contribution in [0.25, 0.3) is 0 Å². The lowest BCUT2D eigenvalue weighted by Crippen LogP contribution is -2.11. The number of amides is 1. The van der Waals surface area contributed by atoms with Crippen molar-refractivity contribution in [2.45, 2.75) is 19.3 Å². The Labute approximate surface area is 127 Å². The molecule has 0 unspecified atom stereocenters. The van der Waals surface area contributed by atoms with Crippen molar-refractivity contribution in [3.63, 3.8) is 0 Å². The van der Waals surface area contributed by atoms with E-state index in [0.29, 0.717) is 11.3 Å². The van der Waals surface area contributed by atoms with Gasteiger partial charge in [0.1, 0.15) is 6.61 Å². The van der Waals surface area contributed by atoms with Crippen LogP contribution >= 0.6 is 11.3 Å². The molecule has 0 aliphatic heterocycles. The topological polar surface area (TPSA) is 49.3 Å². The molecule has 0 spiro atoms. The van der Waals surface area contributed by atoms with Crippen molar-refractivity contribution in [3.05, 3.63) is 51.2 Å². The van der Waals surface area contributed by atoms with Gasteiger partial charge < -0.3 is 10.4 Å². The molecule has 0 saturated heterocycles. The summed E-state index contributed by atoms with van der Waals surface area (Å²) in [5.74, 6) is 5.36. The lowest BCUT2D eigenvalue weighted by Gasteiger charge is -2.06. The minimum absolute atomic E-state index is 0.0901. The molecule has 3 rings (SSSR count). The molecule has 2 N–H and O–H groups in total. The quantitative estimate of drug-likeness (QED) is 0.837. The van der Waals surface area contributed by atoms with Gasteiger partial charge >= 0.3 is 0 Å². The number of fused-ring (bicyclic) bond motifs is 1. The minimum atomic E-state index is -0.195. The number of aryl methyl sites for hydroxylation is 2. The Hall–Kier alpha value is -2.09. The summed E-state index contributed by atoms with van der Waals surface area (Å²) in [6.07, 6.45) is 3.37.